The summed E-state index contributed by atoms with van der Waals surface area (Å²) < 4.78 is 5.36. The minimum Gasteiger partial charge on any atom is -0.466 e. The van der Waals surface area contributed by atoms with Crippen molar-refractivity contribution in [2.45, 2.75) is 45.7 Å². The lowest BCUT2D eigenvalue weighted by Crippen LogP contribution is -2.50. The third-order valence-electron chi connectivity index (χ3n) is 7.44. The van der Waals surface area contributed by atoms with Gasteiger partial charge < -0.3 is 20.1 Å². The molecule has 0 unspecified atom stereocenters. The van der Waals surface area contributed by atoms with Gasteiger partial charge in [0.25, 0.3) is 0 Å². The molecular weight excluding hydrogens is 444 g/mol. The maximum absolute atomic E-state index is 13.8. The van der Waals surface area contributed by atoms with Crippen LogP contribution in [-0.4, -0.2) is 53.1 Å². The zero-order chi connectivity index (χ0) is 25.1. The summed E-state index contributed by atoms with van der Waals surface area (Å²) in [6.45, 7) is 5.57. The molecule has 7 nitrogen and oxygen atoms in total. The van der Waals surface area contributed by atoms with Gasteiger partial charge in [-0.05, 0) is 48.6 Å². The number of rotatable bonds is 8. The second kappa shape index (κ2) is 10.6. The fourth-order valence-electron chi connectivity index (χ4n) is 5.69. The highest BCUT2D eigenvalue weighted by Gasteiger charge is 2.58. The number of ether oxygens (including phenoxy) is 1. The molecule has 2 amide bonds. The smallest absolute Gasteiger partial charge is 0.310 e. The van der Waals surface area contributed by atoms with Crippen molar-refractivity contribution in [2.75, 3.05) is 18.5 Å². The Bertz CT molecular complexity index is 1130. The lowest BCUT2D eigenvalue weighted by Gasteiger charge is -2.33. The third-order valence-corrected chi connectivity index (χ3v) is 7.44. The molecule has 1 aliphatic heterocycles. The topological polar surface area (TPSA) is 95.9 Å². The molecular formula is C28H34N2O5. The number of amides is 2. The fraction of sp³-hybridized carbons (Fsp3) is 0.464. The van der Waals surface area contributed by atoms with Crippen molar-refractivity contribution < 1.29 is 24.2 Å². The first-order valence-electron chi connectivity index (χ1n) is 12.5. The number of esters is 1. The highest BCUT2D eigenvalue weighted by Crippen LogP contribution is 2.46. The van der Waals surface area contributed by atoms with Gasteiger partial charge in [0.1, 0.15) is 6.04 Å². The number of aliphatic hydroxyl groups is 1. The Morgan fingerprint density at radius 3 is 2.49 bits per heavy atom. The molecule has 35 heavy (non-hydrogen) atoms. The number of hydrogen-bond donors (Lipinski definition) is 2. The second-order valence-corrected chi connectivity index (χ2v) is 9.32. The SMILES string of the molecule is CCOC(=O)[C@H]1[C@@H]2C(=O)N([C@@H](CC)CO)[C@H](C(=O)Nc3ccc4ccccc4c3)[C@H]2C=C[C@H]1CC. The maximum atomic E-state index is 13.8. The number of likely N-dealkylation sites (tertiary alicyclic amines) is 1. The predicted octanol–water partition coefficient (Wildman–Crippen LogP) is 3.77. The number of fused-ring (bicyclic) bond motifs is 2. The van der Waals surface area contributed by atoms with Crippen molar-refractivity contribution in [3.05, 3.63) is 54.6 Å². The number of carbonyl (C=O) groups excluding carboxylic acids is 3. The number of anilines is 1. The molecule has 186 valence electrons. The largest absolute Gasteiger partial charge is 0.466 e. The van der Waals surface area contributed by atoms with Crippen molar-refractivity contribution in [3.8, 4) is 0 Å². The van der Waals surface area contributed by atoms with Gasteiger partial charge in [-0.1, -0.05) is 56.3 Å². The Hall–Kier alpha value is -3.19. The Kier molecular flexibility index (Phi) is 7.55. The molecule has 4 rings (SSSR count). The number of allylic oxidation sites excluding steroid dienone is 1. The van der Waals surface area contributed by atoms with E-state index in [0.717, 1.165) is 10.8 Å². The first kappa shape index (κ1) is 24.9. The van der Waals surface area contributed by atoms with Crippen LogP contribution in [0.4, 0.5) is 5.69 Å². The average molecular weight is 479 g/mol. The third kappa shape index (κ3) is 4.57. The van der Waals surface area contributed by atoms with Crippen LogP contribution in [-0.2, 0) is 19.1 Å². The van der Waals surface area contributed by atoms with Gasteiger partial charge >= 0.3 is 5.97 Å². The summed E-state index contributed by atoms with van der Waals surface area (Å²) >= 11 is 0. The van der Waals surface area contributed by atoms with Crippen molar-refractivity contribution in [2.24, 2.45) is 23.7 Å². The molecule has 1 aliphatic carbocycles. The van der Waals surface area contributed by atoms with Gasteiger partial charge in [-0.3, -0.25) is 14.4 Å². The van der Waals surface area contributed by atoms with Crippen LogP contribution in [0.5, 0.6) is 0 Å². The lowest BCUT2D eigenvalue weighted by molar-refractivity contribution is -0.156. The molecule has 6 atom stereocenters. The lowest BCUT2D eigenvalue weighted by atomic mass is 9.69. The van der Waals surface area contributed by atoms with Crippen molar-refractivity contribution in [1.82, 2.24) is 4.90 Å². The standard InChI is InChI=1S/C28H34N2O5/c1-4-17-12-14-22-24(23(17)28(34)35-6-3)27(33)30(21(5-2)16-31)25(22)26(32)29-20-13-11-18-9-7-8-10-19(18)15-20/h7-15,17,21-25,31H,4-6,16H2,1-3H3,(H,29,32)/t17-,21+,22+,23-,24-,25+/m1/s1. The number of benzene rings is 2. The Morgan fingerprint density at radius 1 is 1.09 bits per heavy atom. The molecule has 0 saturated carbocycles. The Morgan fingerprint density at radius 2 is 1.83 bits per heavy atom. The molecule has 2 aromatic carbocycles. The van der Waals surface area contributed by atoms with E-state index in [2.05, 4.69) is 5.32 Å². The molecule has 1 fully saturated rings. The van der Waals surface area contributed by atoms with Crippen molar-refractivity contribution >= 4 is 34.2 Å². The predicted molar refractivity (Wildman–Crippen MR) is 134 cm³/mol. The number of nitrogens with zero attached hydrogens (tertiary/aromatic N) is 1. The fourth-order valence-corrected chi connectivity index (χ4v) is 5.69. The summed E-state index contributed by atoms with van der Waals surface area (Å²) in [7, 11) is 0. The van der Waals surface area contributed by atoms with Crippen LogP contribution in [0.15, 0.2) is 54.6 Å². The summed E-state index contributed by atoms with van der Waals surface area (Å²) in [4.78, 5) is 42.0. The van der Waals surface area contributed by atoms with Crippen LogP contribution in [0, 0.1) is 23.7 Å². The van der Waals surface area contributed by atoms with E-state index in [1.54, 1.807) is 6.92 Å². The van der Waals surface area contributed by atoms with E-state index in [-0.39, 0.29) is 30.9 Å². The van der Waals surface area contributed by atoms with Gasteiger partial charge in [0.05, 0.1) is 31.1 Å². The molecule has 2 N–H and O–H groups in total. The van der Waals surface area contributed by atoms with Gasteiger partial charge in [-0.15, -0.1) is 0 Å². The van der Waals surface area contributed by atoms with E-state index >= 15 is 0 Å². The zero-order valence-electron chi connectivity index (χ0n) is 20.5. The van der Waals surface area contributed by atoms with E-state index in [1.165, 1.54) is 4.90 Å². The monoisotopic (exact) mass is 478 g/mol. The first-order valence-corrected chi connectivity index (χ1v) is 12.5. The van der Waals surface area contributed by atoms with Gasteiger partial charge in [0.2, 0.25) is 11.8 Å². The minimum absolute atomic E-state index is 0.141. The Labute approximate surface area is 206 Å². The number of nitrogens with one attached hydrogen (secondary N) is 1. The molecule has 0 aromatic heterocycles. The van der Waals surface area contributed by atoms with Crippen molar-refractivity contribution in [1.29, 1.82) is 0 Å². The number of aliphatic hydroxyl groups excluding tert-OH is 1. The zero-order valence-corrected chi connectivity index (χ0v) is 20.5. The molecule has 2 aromatic rings. The van der Waals surface area contributed by atoms with Crippen LogP contribution >= 0.6 is 0 Å². The molecule has 0 bridgehead atoms. The normalized spacial score (nSPS) is 26.5. The van der Waals surface area contributed by atoms with E-state index in [4.69, 9.17) is 4.74 Å². The number of hydrogen-bond acceptors (Lipinski definition) is 5. The quantitative estimate of drug-likeness (QED) is 0.445. The van der Waals surface area contributed by atoms with Crippen LogP contribution in [0.3, 0.4) is 0 Å². The molecule has 0 radical (unpaired) electrons. The summed E-state index contributed by atoms with van der Waals surface area (Å²) in [6, 6.07) is 12.2. The summed E-state index contributed by atoms with van der Waals surface area (Å²) in [5.74, 6) is -2.97. The minimum atomic E-state index is -0.831. The van der Waals surface area contributed by atoms with E-state index in [9.17, 15) is 19.5 Å². The van der Waals surface area contributed by atoms with E-state index < -0.39 is 35.8 Å². The number of carbonyl (C=O) groups is 3. The van der Waals surface area contributed by atoms with Gasteiger partial charge in [0.15, 0.2) is 0 Å². The van der Waals surface area contributed by atoms with Crippen molar-refractivity contribution in [3.63, 3.8) is 0 Å². The summed E-state index contributed by atoms with van der Waals surface area (Å²) in [5.41, 5.74) is 0.634. The van der Waals surface area contributed by atoms with Gasteiger partial charge in [-0.25, -0.2) is 0 Å². The molecule has 1 saturated heterocycles. The summed E-state index contributed by atoms with van der Waals surface area (Å²) in [6.07, 6.45) is 5.05. The van der Waals surface area contributed by atoms with E-state index in [1.807, 2.05) is 68.5 Å². The second-order valence-electron chi connectivity index (χ2n) is 9.32. The van der Waals surface area contributed by atoms with Crippen LogP contribution in [0.1, 0.15) is 33.6 Å². The molecule has 2 aliphatic rings. The highest BCUT2D eigenvalue weighted by molar-refractivity contribution is 6.02. The highest BCUT2D eigenvalue weighted by atomic mass is 16.5. The van der Waals surface area contributed by atoms with E-state index in [0.29, 0.717) is 18.5 Å². The summed E-state index contributed by atoms with van der Waals surface area (Å²) in [5, 5.41) is 15.1. The Balaban J connectivity index is 1.71. The molecule has 1 heterocycles. The van der Waals surface area contributed by atoms with Crippen LogP contribution in [0.25, 0.3) is 10.8 Å². The maximum Gasteiger partial charge on any atom is 0.310 e. The molecule has 7 heteroatoms. The van der Waals surface area contributed by atoms with Crippen LogP contribution < -0.4 is 5.32 Å². The van der Waals surface area contributed by atoms with Crippen LogP contribution in [0.2, 0.25) is 0 Å². The first-order chi connectivity index (χ1) is 16.9. The van der Waals surface area contributed by atoms with Gasteiger partial charge in [-0.2, -0.15) is 0 Å². The van der Waals surface area contributed by atoms with Gasteiger partial charge in [0, 0.05) is 11.6 Å². The molecule has 0 spiro atoms. The average Bonchev–Trinajstić information content (AvgIpc) is 3.16.